The van der Waals surface area contributed by atoms with Crippen molar-refractivity contribution in [1.82, 2.24) is 0 Å². The van der Waals surface area contributed by atoms with Crippen molar-refractivity contribution in [2.75, 3.05) is 22.8 Å². The Bertz CT molecular complexity index is 503. The number of anilines is 2. The zero-order chi connectivity index (χ0) is 14.3. The Morgan fingerprint density at radius 2 is 1.95 bits per heavy atom. The van der Waals surface area contributed by atoms with Gasteiger partial charge in [-0.1, -0.05) is 26.2 Å². The molecule has 2 N–H and O–H groups in total. The van der Waals surface area contributed by atoms with Gasteiger partial charge in [-0.25, -0.2) is 12.8 Å². The van der Waals surface area contributed by atoms with Crippen LogP contribution in [0.25, 0.3) is 0 Å². The standard InChI is InChI=1S/C13H21FN2O2S/c1-3-4-5-6-9-15-11-7-8-12(14)13(10-11)16-19(2,17)18/h7-8,10,15-16H,3-6,9H2,1-2H3. The summed E-state index contributed by atoms with van der Waals surface area (Å²) >= 11 is 0. The Balaban J connectivity index is 2.58. The Morgan fingerprint density at radius 1 is 1.21 bits per heavy atom. The molecule has 1 aromatic carbocycles. The fourth-order valence-corrected chi connectivity index (χ4v) is 2.25. The molecule has 0 spiro atoms. The van der Waals surface area contributed by atoms with E-state index in [4.69, 9.17) is 0 Å². The predicted octanol–water partition coefficient (Wildman–Crippen LogP) is 3.19. The van der Waals surface area contributed by atoms with E-state index >= 15 is 0 Å². The van der Waals surface area contributed by atoms with Gasteiger partial charge in [-0.05, 0) is 24.6 Å². The first-order chi connectivity index (χ1) is 8.92. The van der Waals surface area contributed by atoms with Crippen LogP contribution in [0.3, 0.4) is 0 Å². The first kappa shape index (κ1) is 15.8. The zero-order valence-electron chi connectivity index (χ0n) is 11.4. The predicted molar refractivity (Wildman–Crippen MR) is 77.5 cm³/mol. The van der Waals surface area contributed by atoms with E-state index in [2.05, 4.69) is 17.0 Å². The average molecular weight is 288 g/mol. The summed E-state index contributed by atoms with van der Waals surface area (Å²) in [7, 11) is -3.47. The second-order valence-electron chi connectivity index (χ2n) is 4.56. The lowest BCUT2D eigenvalue weighted by molar-refractivity contribution is 0.604. The molecule has 0 aliphatic heterocycles. The van der Waals surface area contributed by atoms with Crippen LogP contribution < -0.4 is 10.0 Å². The van der Waals surface area contributed by atoms with Crippen molar-refractivity contribution in [2.24, 2.45) is 0 Å². The maximum absolute atomic E-state index is 13.4. The summed E-state index contributed by atoms with van der Waals surface area (Å²) in [4.78, 5) is 0. The summed E-state index contributed by atoms with van der Waals surface area (Å²) < 4.78 is 37.8. The van der Waals surface area contributed by atoms with Crippen molar-refractivity contribution in [3.8, 4) is 0 Å². The third-order valence-electron chi connectivity index (χ3n) is 2.62. The van der Waals surface area contributed by atoms with Crippen molar-refractivity contribution in [2.45, 2.75) is 32.6 Å². The van der Waals surface area contributed by atoms with Crippen LogP contribution in [0.1, 0.15) is 32.6 Å². The highest BCUT2D eigenvalue weighted by molar-refractivity contribution is 7.92. The molecule has 0 amide bonds. The van der Waals surface area contributed by atoms with Gasteiger partial charge in [0.15, 0.2) is 0 Å². The monoisotopic (exact) mass is 288 g/mol. The van der Waals surface area contributed by atoms with E-state index in [0.717, 1.165) is 25.6 Å². The molecule has 1 rings (SSSR count). The quantitative estimate of drug-likeness (QED) is 0.722. The van der Waals surface area contributed by atoms with Crippen molar-refractivity contribution >= 4 is 21.4 Å². The van der Waals surface area contributed by atoms with E-state index in [1.807, 2.05) is 0 Å². The average Bonchev–Trinajstić information content (AvgIpc) is 2.31. The molecule has 0 fully saturated rings. The number of benzene rings is 1. The van der Waals surface area contributed by atoms with E-state index in [1.54, 1.807) is 6.07 Å². The van der Waals surface area contributed by atoms with E-state index < -0.39 is 15.8 Å². The highest BCUT2D eigenvalue weighted by Gasteiger charge is 2.08. The number of hydrogen-bond donors (Lipinski definition) is 2. The van der Waals surface area contributed by atoms with Gasteiger partial charge in [0.05, 0.1) is 11.9 Å². The molecule has 108 valence electrons. The van der Waals surface area contributed by atoms with Gasteiger partial charge in [0.25, 0.3) is 0 Å². The number of halogens is 1. The van der Waals surface area contributed by atoms with Crippen LogP contribution in [0.4, 0.5) is 15.8 Å². The van der Waals surface area contributed by atoms with Gasteiger partial charge in [-0.2, -0.15) is 0 Å². The summed E-state index contributed by atoms with van der Waals surface area (Å²) in [6.45, 7) is 2.94. The normalized spacial score (nSPS) is 11.3. The lowest BCUT2D eigenvalue weighted by atomic mass is 10.2. The van der Waals surface area contributed by atoms with Gasteiger partial charge in [0.2, 0.25) is 10.0 Å². The number of hydrogen-bond acceptors (Lipinski definition) is 3. The molecular formula is C13H21FN2O2S. The van der Waals surface area contributed by atoms with E-state index in [9.17, 15) is 12.8 Å². The smallest absolute Gasteiger partial charge is 0.229 e. The van der Waals surface area contributed by atoms with Crippen LogP contribution in [-0.2, 0) is 10.0 Å². The molecule has 0 bridgehead atoms. The minimum absolute atomic E-state index is 0.0268. The summed E-state index contributed by atoms with van der Waals surface area (Å²) in [6.07, 6.45) is 5.57. The van der Waals surface area contributed by atoms with Crippen LogP contribution in [0.15, 0.2) is 18.2 Å². The fraction of sp³-hybridized carbons (Fsp3) is 0.538. The van der Waals surface area contributed by atoms with Gasteiger partial charge < -0.3 is 5.32 Å². The molecule has 0 radical (unpaired) electrons. The number of nitrogens with one attached hydrogen (secondary N) is 2. The molecule has 4 nitrogen and oxygen atoms in total. The summed E-state index contributed by atoms with van der Waals surface area (Å²) in [5.41, 5.74) is 0.685. The molecule has 0 aromatic heterocycles. The molecule has 1 aromatic rings. The Labute approximate surface area is 114 Å². The molecule has 6 heteroatoms. The molecule has 0 aliphatic carbocycles. The molecule has 0 atom stereocenters. The second kappa shape index (κ2) is 7.33. The molecule has 0 unspecified atom stereocenters. The van der Waals surface area contributed by atoms with Crippen molar-refractivity contribution in [3.63, 3.8) is 0 Å². The van der Waals surface area contributed by atoms with Gasteiger partial charge in [0.1, 0.15) is 5.82 Å². The minimum atomic E-state index is -3.47. The first-order valence-corrected chi connectivity index (χ1v) is 8.32. The maximum atomic E-state index is 13.4. The highest BCUT2D eigenvalue weighted by atomic mass is 32.2. The van der Waals surface area contributed by atoms with Gasteiger partial charge >= 0.3 is 0 Å². The SMILES string of the molecule is CCCCCCNc1ccc(F)c(NS(C)(=O)=O)c1. The highest BCUT2D eigenvalue weighted by Crippen LogP contribution is 2.20. The topological polar surface area (TPSA) is 58.2 Å². The van der Waals surface area contributed by atoms with Crippen LogP contribution in [0.5, 0.6) is 0 Å². The van der Waals surface area contributed by atoms with Crippen LogP contribution >= 0.6 is 0 Å². The summed E-state index contributed by atoms with van der Waals surface area (Å²) in [5, 5.41) is 3.16. The lowest BCUT2D eigenvalue weighted by Crippen LogP contribution is -2.11. The number of unbranched alkanes of at least 4 members (excludes halogenated alkanes) is 3. The summed E-state index contributed by atoms with van der Waals surface area (Å²) in [6, 6.07) is 4.32. The first-order valence-electron chi connectivity index (χ1n) is 6.43. The van der Waals surface area contributed by atoms with Crippen LogP contribution in [0.2, 0.25) is 0 Å². The van der Waals surface area contributed by atoms with Crippen LogP contribution in [-0.4, -0.2) is 21.2 Å². The maximum Gasteiger partial charge on any atom is 0.229 e. The Hall–Kier alpha value is -1.30. The second-order valence-corrected chi connectivity index (χ2v) is 6.30. The molecule has 0 heterocycles. The summed E-state index contributed by atoms with van der Waals surface area (Å²) in [5.74, 6) is -0.582. The van der Waals surface area contributed by atoms with E-state index in [1.165, 1.54) is 25.0 Å². The lowest BCUT2D eigenvalue weighted by Gasteiger charge is -2.10. The molecule has 19 heavy (non-hydrogen) atoms. The van der Waals surface area contributed by atoms with Crippen molar-refractivity contribution < 1.29 is 12.8 Å². The van der Waals surface area contributed by atoms with Gasteiger partial charge in [-0.3, -0.25) is 4.72 Å². The molecular weight excluding hydrogens is 267 g/mol. The molecule has 0 aliphatic rings. The Kier molecular flexibility index (Phi) is 6.08. The minimum Gasteiger partial charge on any atom is -0.385 e. The Morgan fingerprint density at radius 3 is 2.58 bits per heavy atom. The van der Waals surface area contributed by atoms with Crippen LogP contribution in [0, 0.1) is 5.82 Å². The molecule has 0 saturated carbocycles. The largest absolute Gasteiger partial charge is 0.385 e. The molecule has 0 saturated heterocycles. The van der Waals surface area contributed by atoms with Crippen molar-refractivity contribution in [3.05, 3.63) is 24.0 Å². The number of rotatable bonds is 8. The fourth-order valence-electron chi connectivity index (χ4n) is 1.70. The number of sulfonamides is 1. The third-order valence-corrected chi connectivity index (χ3v) is 3.21. The zero-order valence-corrected chi connectivity index (χ0v) is 12.2. The van der Waals surface area contributed by atoms with Gasteiger partial charge in [-0.15, -0.1) is 0 Å². The van der Waals surface area contributed by atoms with E-state index in [-0.39, 0.29) is 5.69 Å². The van der Waals surface area contributed by atoms with Crippen molar-refractivity contribution in [1.29, 1.82) is 0 Å². The van der Waals surface area contributed by atoms with Gasteiger partial charge in [0, 0.05) is 12.2 Å². The van der Waals surface area contributed by atoms with E-state index in [0.29, 0.717) is 5.69 Å². The third kappa shape index (κ3) is 6.42.